The van der Waals surface area contributed by atoms with Crippen molar-refractivity contribution in [3.05, 3.63) is 52.6 Å². The van der Waals surface area contributed by atoms with Gasteiger partial charge in [0.2, 0.25) is 0 Å². The van der Waals surface area contributed by atoms with E-state index in [4.69, 9.17) is 10.5 Å². The van der Waals surface area contributed by atoms with E-state index < -0.39 is 11.0 Å². The highest BCUT2D eigenvalue weighted by Gasteiger charge is 2.13. The van der Waals surface area contributed by atoms with Gasteiger partial charge < -0.3 is 10.5 Å². The zero-order valence-corrected chi connectivity index (χ0v) is 9.74. The Bertz CT molecular complexity index is 442. The van der Waals surface area contributed by atoms with Crippen LogP contribution in [0.5, 0.6) is 0 Å². The first kappa shape index (κ1) is 13.7. The van der Waals surface area contributed by atoms with Crippen LogP contribution in [0.3, 0.4) is 0 Å². The van der Waals surface area contributed by atoms with E-state index in [1.807, 2.05) is 0 Å². The van der Waals surface area contributed by atoms with Crippen LogP contribution in [0.25, 0.3) is 0 Å². The van der Waals surface area contributed by atoms with Crippen molar-refractivity contribution in [2.75, 3.05) is 6.61 Å². The molecule has 0 fully saturated rings. The summed E-state index contributed by atoms with van der Waals surface area (Å²) in [6, 6.07) is 6.10. The van der Waals surface area contributed by atoms with Gasteiger partial charge >= 0.3 is 6.09 Å². The SMILES string of the molecule is C=CCC(COC(N)=O)c1ccc([N+](=O)[O-])cc1. The number of ether oxygens (including phenoxy) is 1. The van der Waals surface area contributed by atoms with Crippen LogP contribution in [0.4, 0.5) is 10.5 Å². The van der Waals surface area contributed by atoms with Crippen LogP contribution in [0.15, 0.2) is 36.9 Å². The Morgan fingerprint density at radius 1 is 1.50 bits per heavy atom. The number of allylic oxidation sites excluding steroid dienone is 1. The van der Waals surface area contributed by atoms with Crippen molar-refractivity contribution in [2.45, 2.75) is 12.3 Å². The second kappa shape index (κ2) is 6.39. The summed E-state index contributed by atoms with van der Waals surface area (Å²) < 4.78 is 4.75. The maximum Gasteiger partial charge on any atom is 0.404 e. The second-order valence-electron chi connectivity index (χ2n) is 3.70. The second-order valence-corrected chi connectivity index (χ2v) is 3.70. The molecule has 0 saturated heterocycles. The molecule has 0 saturated carbocycles. The molecule has 0 aliphatic carbocycles. The number of non-ortho nitro benzene ring substituents is 1. The Kier molecular flexibility index (Phi) is 4.86. The number of carbonyl (C=O) groups is 1. The third kappa shape index (κ3) is 3.89. The third-order valence-corrected chi connectivity index (χ3v) is 2.45. The van der Waals surface area contributed by atoms with Crippen molar-refractivity contribution in [3.8, 4) is 0 Å². The van der Waals surface area contributed by atoms with Crippen molar-refractivity contribution in [1.29, 1.82) is 0 Å². The van der Waals surface area contributed by atoms with Gasteiger partial charge in [-0.2, -0.15) is 0 Å². The van der Waals surface area contributed by atoms with E-state index in [-0.39, 0.29) is 18.2 Å². The van der Waals surface area contributed by atoms with Gasteiger partial charge in [-0.25, -0.2) is 4.79 Å². The van der Waals surface area contributed by atoms with Crippen LogP contribution in [-0.4, -0.2) is 17.6 Å². The molecule has 18 heavy (non-hydrogen) atoms. The first-order valence-corrected chi connectivity index (χ1v) is 5.32. The van der Waals surface area contributed by atoms with E-state index in [9.17, 15) is 14.9 Å². The van der Waals surface area contributed by atoms with E-state index in [0.29, 0.717) is 6.42 Å². The molecule has 1 rings (SSSR count). The normalized spacial score (nSPS) is 11.6. The average Bonchev–Trinajstić information content (AvgIpc) is 2.34. The van der Waals surface area contributed by atoms with Crippen LogP contribution in [0.1, 0.15) is 17.9 Å². The van der Waals surface area contributed by atoms with Gasteiger partial charge in [-0.3, -0.25) is 10.1 Å². The fraction of sp³-hybridized carbons (Fsp3) is 0.250. The summed E-state index contributed by atoms with van der Waals surface area (Å²) in [5, 5.41) is 10.5. The summed E-state index contributed by atoms with van der Waals surface area (Å²) >= 11 is 0. The Morgan fingerprint density at radius 2 is 2.11 bits per heavy atom. The lowest BCUT2D eigenvalue weighted by molar-refractivity contribution is -0.384. The average molecular weight is 250 g/mol. The molecule has 1 aromatic carbocycles. The summed E-state index contributed by atoms with van der Waals surface area (Å²) in [7, 11) is 0. The summed E-state index contributed by atoms with van der Waals surface area (Å²) in [6.07, 6.45) is 1.44. The number of hydrogen-bond donors (Lipinski definition) is 1. The van der Waals surface area contributed by atoms with Crippen LogP contribution >= 0.6 is 0 Å². The highest BCUT2D eigenvalue weighted by molar-refractivity contribution is 5.64. The monoisotopic (exact) mass is 250 g/mol. The van der Waals surface area contributed by atoms with Gasteiger partial charge in [0.05, 0.1) is 4.92 Å². The van der Waals surface area contributed by atoms with Gasteiger partial charge in [0.1, 0.15) is 6.61 Å². The number of nitro groups is 1. The zero-order chi connectivity index (χ0) is 13.5. The summed E-state index contributed by atoms with van der Waals surface area (Å²) in [5.74, 6) is -0.101. The minimum absolute atomic E-state index is 0.0203. The van der Waals surface area contributed by atoms with Crippen molar-refractivity contribution in [1.82, 2.24) is 0 Å². The Balaban J connectivity index is 2.81. The van der Waals surface area contributed by atoms with Gasteiger partial charge in [-0.1, -0.05) is 18.2 Å². The molecule has 0 aliphatic heterocycles. The smallest absolute Gasteiger partial charge is 0.404 e. The molecule has 6 nitrogen and oxygen atoms in total. The molecule has 0 bridgehead atoms. The minimum Gasteiger partial charge on any atom is -0.449 e. The van der Waals surface area contributed by atoms with E-state index in [1.165, 1.54) is 12.1 Å². The number of hydrogen-bond acceptors (Lipinski definition) is 4. The molecule has 0 aliphatic rings. The Labute approximate surface area is 104 Å². The van der Waals surface area contributed by atoms with Gasteiger partial charge in [0.15, 0.2) is 0 Å². The van der Waals surface area contributed by atoms with E-state index in [0.717, 1.165) is 5.56 Å². The number of nitrogens with two attached hydrogens (primary N) is 1. The van der Waals surface area contributed by atoms with E-state index in [2.05, 4.69) is 6.58 Å². The summed E-state index contributed by atoms with van der Waals surface area (Å²) in [4.78, 5) is 20.6. The molecule has 1 atom stereocenters. The molecule has 1 amide bonds. The number of nitrogens with zero attached hydrogens (tertiary/aromatic N) is 1. The fourth-order valence-corrected chi connectivity index (χ4v) is 1.55. The van der Waals surface area contributed by atoms with Gasteiger partial charge in [0.25, 0.3) is 5.69 Å². The number of primary amides is 1. The summed E-state index contributed by atoms with van der Waals surface area (Å²) in [6.45, 7) is 3.74. The quantitative estimate of drug-likeness (QED) is 0.476. The minimum atomic E-state index is -0.842. The van der Waals surface area contributed by atoms with Crippen LogP contribution in [0, 0.1) is 10.1 Å². The first-order valence-electron chi connectivity index (χ1n) is 5.32. The molecule has 1 unspecified atom stereocenters. The Morgan fingerprint density at radius 3 is 2.56 bits per heavy atom. The highest BCUT2D eigenvalue weighted by Crippen LogP contribution is 2.23. The maximum absolute atomic E-state index is 10.6. The lowest BCUT2D eigenvalue weighted by Gasteiger charge is -2.14. The maximum atomic E-state index is 10.6. The molecule has 0 spiro atoms. The van der Waals surface area contributed by atoms with Gasteiger partial charge in [0, 0.05) is 18.1 Å². The molecule has 2 N–H and O–H groups in total. The lowest BCUT2D eigenvalue weighted by atomic mass is 9.96. The van der Waals surface area contributed by atoms with E-state index in [1.54, 1.807) is 18.2 Å². The molecule has 0 radical (unpaired) electrons. The molecule has 96 valence electrons. The fourth-order valence-electron chi connectivity index (χ4n) is 1.55. The van der Waals surface area contributed by atoms with Crippen LogP contribution < -0.4 is 5.73 Å². The van der Waals surface area contributed by atoms with E-state index >= 15 is 0 Å². The standard InChI is InChI=1S/C12H14N2O4/c1-2-3-10(8-18-12(13)15)9-4-6-11(7-5-9)14(16)17/h2,4-7,10H,1,3,8H2,(H2,13,15). The van der Waals surface area contributed by atoms with Crippen molar-refractivity contribution < 1.29 is 14.5 Å². The third-order valence-electron chi connectivity index (χ3n) is 2.45. The van der Waals surface area contributed by atoms with Crippen LogP contribution in [-0.2, 0) is 4.74 Å². The molecular formula is C12H14N2O4. The number of rotatable bonds is 6. The highest BCUT2D eigenvalue weighted by atomic mass is 16.6. The number of benzene rings is 1. The molecule has 1 aromatic rings. The van der Waals surface area contributed by atoms with Crippen molar-refractivity contribution in [3.63, 3.8) is 0 Å². The predicted octanol–water partition coefficient (Wildman–Crippen LogP) is 2.35. The topological polar surface area (TPSA) is 95.5 Å². The molecule has 0 heterocycles. The molecule has 0 aromatic heterocycles. The lowest BCUT2D eigenvalue weighted by Crippen LogP contribution is -2.17. The molecule has 6 heteroatoms. The number of amides is 1. The van der Waals surface area contributed by atoms with Crippen molar-refractivity contribution in [2.24, 2.45) is 5.73 Å². The van der Waals surface area contributed by atoms with Crippen molar-refractivity contribution >= 4 is 11.8 Å². The van der Waals surface area contributed by atoms with Gasteiger partial charge in [-0.05, 0) is 12.0 Å². The number of carbonyl (C=O) groups excluding carboxylic acids is 1. The van der Waals surface area contributed by atoms with Gasteiger partial charge in [-0.15, -0.1) is 6.58 Å². The zero-order valence-electron chi connectivity index (χ0n) is 9.74. The predicted molar refractivity (Wildman–Crippen MR) is 66.2 cm³/mol. The molecular weight excluding hydrogens is 236 g/mol. The first-order chi connectivity index (χ1) is 8.54. The largest absolute Gasteiger partial charge is 0.449 e. The number of nitro benzene ring substituents is 1. The summed E-state index contributed by atoms with van der Waals surface area (Å²) in [5.41, 5.74) is 5.76. The Hall–Kier alpha value is -2.37. The van der Waals surface area contributed by atoms with Crippen LogP contribution in [0.2, 0.25) is 0 Å².